The first-order chi connectivity index (χ1) is 14.7. The van der Waals surface area contributed by atoms with Crippen molar-refractivity contribution in [2.45, 2.75) is 31.8 Å². The lowest BCUT2D eigenvalue weighted by molar-refractivity contribution is 0.102. The van der Waals surface area contributed by atoms with E-state index in [1.54, 1.807) is 0 Å². The molecule has 0 unspecified atom stereocenters. The molecule has 4 N–H and O–H groups in total. The van der Waals surface area contributed by atoms with E-state index >= 15 is 0 Å². The van der Waals surface area contributed by atoms with Crippen LogP contribution in [-0.4, -0.2) is 46.8 Å². The number of hydrogen-bond acceptors (Lipinski definition) is 7. The third-order valence-corrected chi connectivity index (χ3v) is 6.73. The Morgan fingerprint density at radius 2 is 2.03 bits per heavy atom. The summed E-state index contributed by atoms with van der Waals surface area (Å²) in [5.41, 5.74) is 10.7. The standard InChI is InChI=1S/C21H25N7OS/c22-15-5-8-27(9-6-15)19-4-2-1-3-17(19)24-20(29)18-13-30-21(25-18)28-10-7-16-14(12-28)11-23-26-16/h1-4,11,13,15H,5-10,12,22H2,(H,23,26)(H,24,29). The SMILES string of the molecule is NC1CCN(c2ccccc2NC(=O)c2csc(N3CCc4[nH]ncc4C3)n2)CC1. The van der Waals surface area contributed by atoms with Crippen LogP contribution >= 0.6 is 11.3 Å². The number of anilines is 3. The van der Waals surface area contributed by atoms with Crippen molar-refractivity contribution in [1.82, 2.24) is 15.2 Å². The van der Waals surface area contributed by atoms with E-state index in [2.05, 4.69) is 36.4 Å². The molecule has 5 rings (SSSR count). The van der Waals surface area contributed by atoms with E-state index < -0.39 is 0 Å². The summed E-state index contributed by atoms with van der Waals surface area (Å²) >= 11 is 1.50. The van der Waals surface area contributed by atoms with Gasteiger partial charge in [0.1, 0.15) is 5.69 Å². The summed E-state index contributed by atoms with van der Waals surface area (Å²) in [5.74, 6) is -0.181. The Hall–Kier alpha value is -2.91. The average Bonchev–Trinajstić information content (AvgIpc) is 3.44. The summed E-state index contributed by atoms with van der Waals surface area (Å²) in [5, 5.41) is 12.9. The minimum absolute atomic E-state index is 0.181. The Bertz CT molecular complexity index is 1040. The van der Waals surface area contributed by atoms with Crippen molar-refractivity contribution in [3.05, 3.63) is 52.8 Å². The predicted molar refractivity (Wildman–Crippen MR) is 119 cm³/mol. The average molecular weight is 424 g/mol. The van der Waals surface area contributed by atoms with Crippen molar-refractivity contribution in [1.29, 1.82) is 0 Å². The Morgan fingerprint density at radius 1 is 1.20 bits per heavy atom. The molecule has 156 valence electrons. The maximum absolute atomic E-state index is 12.9. The van der Waals surface area contributed by atoms with Gasteiger partial charge in [0.05, 0.1) is 17.6 Å². The van der Waals surface area contributed by atoms with Crippen molar-refractivity contribution >= 4 is 33.8 Å². The van der Waals surface area contributed by atoms with Gasteiger partial charge in [-0.2, -0.15) is 5.10 Å². The number of aromatic nitrogens is 3. The number of rotatable bonds is 4. The first-order valence-electron chi connectivity index (χ1n) is 10.3. The second kappa shape index (κ2) is 8.08. The highest BCUT2D eigenvalue weighted by atomic mass is 32.1. The molecule has 1 fully saturated rings. The number of fused-ring (bicyclic) bond motifs is 1. The van der Waals surface area contributed by atoms with Crippen LogP contribution < -0.4 is 20.9 Å². The van der Waals surface area contributed by atoms with Gasteiger partial charge in [0.15, 0.2) is 5.13 Å². The van der Waals surface area contributed by atoms with E-state index in [0.29, 0.717) is 5.69 Å². The van der Waals surface area contributed by atoms with Gasteiger partial charge in [-0.25, -0.2) is 4.98 Å². The normalized spacial score (nSPS) is 17.1. The van der Waals surface area contributed by atoms with Gasteiger partial charge in [-0.3, -0.25) is 9.89 Å². The fraction of sp³-hybridized carbons (Fsp3) is 0.381. The fourth-order valence-electron chi connectivity index (χ4n) is 4.08. The molecule has 4 heterocycles. The zero-order valence-corrected chi connectivity index (χ0v) is 17.5. The predicted octanol–water partition coefficient (Wildman–Crippen LogP) is 2.61. The largest absolute Gasteiger partial charge is 0.370 e. The number of nitrogens with zero attached hydrogens (tertiary/aromatic N) is 4. The monoisotopic (exact) mass is 423 g/mol. The number of nitrogens with two attached hydrogens (primary N) is 1. The van der Waals surface area contributed by atoms with Crippen molar-refractivity contribution in [2.75, 3.05) is 34.8 Å². The number of piperidine rings is 1. The van der Waals surface area contributed by atoms with Gasteiger partial charge in [-0.15, -0.1) is 11.3 Å². The molecule has 0 saturated carbocycles. The second-order valence-electron chi connectivity index (χ2n) is 7.86. The third-order valence-electron chi connectivity index (χ3n) is 5.83. The van der Waals surface area contributed by atoms with Crippen LogP contribution in [0.4, 0.5) is 16.5 Å². The Kier molecular flexibility index (Phi) is 5.14. The zero-order chi connectivity index (χ0) is 20.5. The number of benzene rings is 1. The molecule has 3 aromatic rings. The van der Waals surface area contributed by atoms with Crippen LogP contribution in [0.1, 0.15) is 34.6 Å². The van der Waals surface area contributed by atoms with E-state index in [0.717, 1.165) is 61.9 Å². The number of hydrogen-bond donors (Lipinski definition) is 3. The molecule has 30 heavy (non-hydrogen) atoms. The molecule has 0 aliphatic carbocycles. The number of thiazole rings is 1. The van der Waals surface area contributed by atoms with Gasteiger partial charge in [0.2, 0.25) is 0 Å². The van der Waals surface area contributed by atoms with E-state index in [1.807, 2.05) is 29.8 Å². The molecular formula is C21H25N7OS. The van der Waals surface area contributed by atoms with Crippen LogP contribution in [0.2, 0.25) is 0 Å². The molecule has 0 radical (unpaired) electrons. The molecule has 1 saturated heterocycles. The summed E-state index contributed by atoms with van der Waals surface area (Å²) in [6.45, 7) is 3.43. The second-order valence-corrected chi connectivity index (χ2v) is 8.69. The van der Waals surface area contributed by atoms with Crippen LogP contribution in [0.15, 0.2) is 35.8 Å². The summed E-state index contributed by atoms with van der Waals surface area (Å²) < 4.78 is 0. The van der Waals surface area contributed by atoms with Crippen molar-refractivity contribution in [3.63, 3.8) is 0 Å². The van der Waals surface area contributed by atoms with Crippen LogP contribution in [-0.2, 0) is 13.0 Å². The molecule has 2 aromatic heterocycles. The Morgan fingerprint density at radius 3 is 2.90 bits per heavy atom. The minimum atomic E-state index is -0.181. The van der Waals surface area contributed by atoms with Gasteiger partial charge >= 0.3 is 0 Å². The van der Waals surface area contributed by atoms with Crippen LogP contribution in [0.3, 0.4) is 0 Å². The number of carbonyl (C=O) groups is 1. The van der Waals surface area contributed by atoms with Gasteiger partial charge in [-0.05, 0) is 25.0 Å². The molecule has 2 aliphatic rings. The summed E-state index contributed by atoms with van der Waals surface area (Å²) in [7, 11) is 0. The number of para-hydroxylation sites is 2. The summed E-state index contributed by atoms with van der Waals surface area (Å²) in [4.78, 5) is 22.0. The fourth-order valence-corrected chi connectivity index (χ4v) is 4.91. The van der Waals surface area contributed by atoms with Crippen molar-refractivity contribution in [2.24, 2.45) is 5.73 Å². The van der Waals surface area contributed by atoms with Crippen molar-refractivity contribution < 1.29 is 4.79 Å². The molecule has 8 nitrogen and oxygen atoms in total. The molecule has 1 amide bonds. The maximum atomic E-state index is 12.9. The van der Waals surface area contributed by atoms with Crippen molar-refractivity contribution in [3.8, 4) is 0 Å². The highest BCUT2D eigenvalue weighted by molar-refractivity contribution is 7.13. The molecule has 0 atom stereocenters. The lowest BCUT2D eigenvalue weighted by Crippen LogP contribution is -2.40. The van der Waals surface area contributed by atoms with E-state index in [1.165, 1.54) is 22.6 Å². The molecule has 2 aliphatic heterocycles. The van der Waals surface area contributed by atoms with E-state index in [-0.39, 0.29) is 11.9 Å². The Balaban J connectivity index is 1.29. The molecule has 9 heteroatoms. The summed E-state index contributed by atoms with van der Waals surface area (Å²) in [6.07, 6.45) is 4.70. The topological polar surface area (TPSA) is 103 Å². The van der Waals surface area contributed by atoms with E-state index in [4.69, 9.17) is 5.73 Å². The van der Waals surface area contributed by atoms with Gasteiger partial charge < -0.3 is 20.9 Å². The first-order valence-corrected chi connectivity index (χ1v) is 11.2. The highest BCUT2D eigenvalue weighted by Gasteiger charge is 2.23. The number of carbonyl (C=O) groups excluding carboxylic acids is 1. The maximum Gasteiger partial charge on any atom is 0.275 e. The van der Waals surface area contributed by atoms with Crippen LogP contribution in [0, 0.1) is 0 Å². The number of H-pyrrole nitrogens is 1. The van der Waals surface area contributed by atoms with Crippen LogP contribution in [0.5, 0.6) is 0 Å². The van der Waals surface area contributed by atoms with E-state index in [9.17, 15) is 4.79 Å². The van der Waals surface area contributed by atoms with Gasteiger partial charge in [-0.1, -0.05) is 12.1 Å². The Labute approximate surface area is 179 Å². The molecule has 0 spiro atoms. The zero-order valence-electron chi connectivity index (χ0n) is 16.7. The van der Waals surface area contributed by atoms with Gasteiger partial charge in [0, 0.05) is 55.3 Å². The summed E-state index contributed by atoms with van der Waals surface area (Å²) in [6, 6.07) is 8.21. The molecule has 1 aromatic carbocycles. The lowest BCUT2D eigenvalue weighted by atomic mass is 10.0. The number of amides is 1. The highest BCUT2D eigenvalue weighted by Crippen LogP contribution is 2.30. The quantitative estimate of drug-likeness (QED) is 0.596. The minimum Gasteiger partial charge on any atom is -0.370 e. The first kappa shape index (κ1) is 19.1. The number of aromatic amines is 1. The molecular weight excluding hydrogens is 398 g/mol. The lowest BCUT2D eigenvalue weighted by Gasteiger charge is -2.33. The third kappa shape index (κ3) is 3.78. The van der Waals surface area contributed by atoms with Gasteiger partial charge in [0.25, 0.3) is 5.91 Å². The van der Waals surface area contributed by atoms with Crippen LogP contribution in [0.25, 0.3) is 0 Å². The molecule has 0 bridgehead atoms. The smallest absolute Gasteiger partial charge is 0.275 e. The number of nitrogens with one attached hydrogen (secondary N) is 2.